The average molecular weight is 764 g/mol. The second kappa shape index (κ2) is 16.6. The van der Waals surface area contributed by atoms with Gasteiger partial charge in [0, 0.05) is 29.6 Å². The van der Waals surface area contributed by atoms with Crippen LogP contribution in [0.25, 0.3) is 0 Å². The van der Waals surface area contributed by atoms with Crippen LogP contribution in [0.4, 0.5) is 22.0 Å². The van der Waals surface area contributed by atoms with Crippen molar-refractivity contribution < 1.29 is 50.5 Å². The summed E-state index contributed by atoms with van der Waals surface area (Å²) in [6.45, 7) is 32.4. The number of rotatable bonds is 20. The molecule has 0 bridgehead atoms. The monoisotopic (exact) mass is 763 g/mol. The number of carbonyl (C=O) groups is 3. The molecule has 0 aliphatic carbocycles. The molecule has 0 radical (unpaired) electrons. The lowest BCUT2D eigenvalue weighted by Gasteiger charge is -2.46. The summed E-state index contributed by atoms with van der Waals surface area (Å²) in [5, 5.41) is 3.19. The highest BCUT2D eigenvalue weighted by atomic mass is 19.2. The van der Waals surface area contributed by atoms with Crippen LogP contribution in [-0.2, 0) is 23.9 Å². The highest BCUT2D eigenvalue weighted by Crippen LogP contribution is 2.45. The van der Waals surface area contributed by atoms with Crippen LogP contribution in [0.15, 0.2) is 0 Å². The summed E-state index contributed by atoms with van der Waals surface area (Å²) in [6.07, 6.45) is 2.46. The number of Topliss-reactive ketones (excluding diaryl/α,β-unsaturated/α-hetero) is 1. The van der Waals surface area contributed by atoms with Crippen molar-refractivity contribution in [2.45, 2.75) is 167 Å². The zero-order chi connectivity index (χ0) is 42.0. The lowest BCUT2D eigenvalue weighted by atomic mass is 9.66. The maximum Gasteiger partial charge on any atom is 0.317 e. The van der Waals surface area contributed by atoms with Crippen molar-refractivity contribution in [3.63, 3.8) is 0 Å². The standard InChI is InChI=1S/C41H66F5NO6/c1-25(48)36(6,7)22-34(2,3)23-40(14,15)51-21-19-39(12,13)47-32(49)37(8,9)24-38(10,11)41(16,17)52-20-18-35(4,5)33(50)53-31-29(45)27(43)26(42)28(44)30(31)46/h18-24H2,1-17H3,(H,47,49). The van der Waals surface area contributed by atoms with E-state index >= 15 is 0 Å². The Morgan fingerprint density at radius 2 is 1.02 bits per heavy atom. The number of halogens is 5. The van der Waals surface area contributed by atoms with Crippen LogP contribution >= 0.6 is 0 Å². The third-order valence-electron chi connectivity index (χ3n) is 10.7. The fourth-order valence-electron chi connectivity index (χ4n) is 6.87. The minimum Gasteiger partial charge on any atom is -0.420 e. The maximum absolute atomic E-state index is 14.1. The molecule has 1 amide bonds. The highest BCUT2D eigenvalue weighted by molar-refractivity contribution is 5.82. The third-order valence-corrected chi connectivity index (χ3v) is 10.7. The predicted molar refractivity (Wildman–Crippen MR) is 197 cm³/mol. The molecule has 0 fully saturated rings. The van der Waals surface area contributed by atoms with Gasteiger partial charge in [-0.3, -0.25) is 14.4 Å². The van der Waals surface area contributed by atoms with Crippen molar-refractivity contribution in [1.82, 2.24) is 5.32 Å². The lowest BCUT2D eigenvalue weighted by Crippen LogP contribution is -2.52. The van der Waals surface area contributed by atoms with E-state index in [-0.39, 0.29) is 30.1 Å². The molecule has 306 valence electrons. The van der Waals surface area contributed by atoms with E-state index in [9.17, 15) is 36.3 Å². The number of nitrogens with one attached hydrogen (secondary N) is 1. The molecule has 53 heavy (non-hydrogen) atoms. The smallest absolute Gasteiger partial charge is 0.317 e. The Morgan fingerprint density at radius 3 is 1.49 bits per heavy atom. The van der Waals surface area contributed by atoms with Crippen LogP contribution in [0.2, 0.25) is 0 Å². The van der Waals surface area contributed by atoms with Crippen molar-refractivity contribution in [2.75, 3.05) is 13.2 Å². The van der Waals surface area contributed by atoms with Crippen LogP contribution in [0.3, 0.4) is 0 Å². The van der Waals surface area contributed by atoms with Crippen molar-refractivity contribution in [2.24, 2.45) is 27.1 Å². The third kappa shape index (κ3) is 13.3. The first kappa shape index (κ1) is 48.4. The molecule has 7 nitrogen and oxygen atoms in total. The van der Waals surface area contributed by atoms with Crippen molar-refractivity contribution in [3.05, 3.63) is 29.1 Å². The van der Waals surface area contributed by atoms with E-state index in [1.807, 2.05) is 83.1 Å². The van der Waals surface area contributed by atoms with Gasteiger partial charge < -0.3 is 19.5 Å². The van der Waals surface area contributed by atoms with Crippen LogP contribution in [-0.4, -0.2) is 47.6 Å². The molecule has 0 aliphatic heterocycles. The van der Waals surface area contributed by atoms with Crippen molar-refractivity contribution in [1.29, 1.82) is 0 Å². The van der Waals surface area contributed by atoms with Gasteiger partial charge in [0.1, 0.15) is 5.78 Å². The summed E-state index contributed by atoms with van der Waals surface area (Å²) >= 11 is 0. The van der Waals surface area contributed by atoms with E-state index < -0.39 is 79.2 Å². The summed E-state index contributed by atoms with van der Waals surface area (Å²) in [5.41, 5.74) is -5.26. The Bertz CT molecular complexity index is 1460. The summed E-state index contributed by atoms with van der Waals surface area (Å²) < 4.78 is 86.1. The van der Waals surface area contributed by atoms with Gasteiger partial charge in [0.05, 0.1) is 16.6 Å². The molecule has 1 rings (SSSR count). The van der Waals surface area contributed by atoms with Gasteiger partial charge in [0.15, 0.2) is 0 Å². The molecule has 1 aromatic carbocycles. The Morgan fingerprint density at radius 1 is 0.566 bits per heavy atom. The van der Waals surface area contributed by atoms with Gasteiger partial charge >= 0.3 is 5.97 Å². The molecule has 1 aromatic rings. The van der Waals surface area contributed by atoms with Crippen LogP contribution in [0.1, 0.15) is 150 Å². The normalized spacial score (nSPS) is 14.0. The molecule has 0 atom stereocenters. The van der Waals surface area contributed by atoms with E-state index in [0.29, 0.717) is 19.4 Å². The Kier molecular flexibility index (Phi) is 15.2. The molecule has 0 saturated heterocycles. The second-order valence-corrected chi connectivity index (χ2v) is 19.9. The van der Waals surface area contributed by atoms with E-state index in [1.54, 1.807) is 6.92 Å². The quantitative estimate of drug-likeness (QED) is 0.0468. The van der Waals surface area contributed by atoms with Crippen LogP contribution in [0, 0.1) is 56.2 Å². The molecule has 0 spiro atoms. The number of carbonyl (C=O) groups excluding carboxylic acids is 3. The minimum absolute atomic E-state index is 0.00835. The molecular formula is C41H66F5NO6. The van der Waals surface area contributed by atoms with E-state index in [4.69, 9.17) is 9.47 Å². The molecule has 0 unspecified atom stereocenters. The van der Waals surface area contributed by atoms with Gasteiger partial charge in [-0.15, -0.1) is 0 Å². The molecule has 0 heterocycles. The number of hydrogen-bond acceptors (Lipinski definition) is 6. The first-order chi connectivity index (χ1) is 23.4. The summed E-state index contributed by atoms with van der Waals surface area (Å²) in [5.74, 6) is -14.1. The van der Waals surface area contributed by atoms with E-state index in [0.717, 1.165) is 12.8 Å². The van der Waals surface area contributed by atoms with E-state index in [2.05, 4.69) is 23.9 Å². The highest BCUT2D eigenvalue weighted by Gasteiger charge is 2.46. The van der Waals surface area contributed by atoms with Crippen molar-refractivity contribution >= 4 is 17.7 Å². The zero-order valence-electron chi connectivity index (χ0n) is 35.3. The number of benzene rings is 1. The summed E-state index contributed by atoms with van der Waals surface area (Å²) in [4.78, 5) is 38.6. The Labute approximate surface area is 314 Å². The predicted octanol–water partition coefficient (Wildman–Crippen LogP) is 10.4. The van der Waals surface area contributed by atoms with Crippen LogP contribution < -0.4 is 10.1 Å². The van der Waals surface area contributed by atoms with Gasteiger partial charge in [-0.05, 0) is 105 Å². The first-order valence-corrected chi connectivity index (χ1v) is 18.3. The number of ketones is 1. The van der Waals surface area contributed by atoms with Crippen molar-refractivity contribution in [3.8, 4) is 5.75 Å². The van der Waals surface area contributed by atoms with Gasteiger partial charge in [0.2, 0.25) is 40.7 Å². The summed E-state index contributed by atoms with van der Waals surface area (Å²) in [6, 6.07) is 0. The minimum atomic E-state index is -2.35. The van der Waals surface area contributed by atoms with Gasteiger partial charge in [-0.25, -0.2) is 13.2 Å². The fourth-order valence-corrected chi connectivity index (χ4v) is 6.87. The Balaban J connectivity index is 2.84. The number of hydrogen-bond donors (Lipinski definition) is 1. The summed E-state index contributed by atoms with van der Waals surface area (Å²) in [7, 11) is 0. The first-order valence-electron chi connectivity index (χ1n) is 18.3. The fraction of sp³-hybridized carbons (Fsp3) is 0.780. The molecule has 0 saturated carbocycles. The largest absolute Gasteiger partial charge is 0.420 e. The SMILES string of the molecule is CC(=O)C(C)(C)CC(C)(C)CC(C)(C)OCCC(C)(C)NC(=O)C(C)(C)CC(C)(C)C(C)(C)OCCC(C)(C)C(=O)Oc1c(F)c(F)c(F)c(F)c1F. The number of ether oxygens (including phenoxy) is 3. The Hall–Kier alpha value is -2.60. The van der Waals surface area contributed by atoms with Crippen LogP contribution in [0.5, 0.6) is 5.75 Å². The number of esters is 1. The molecular weight excluding hydrogens is 697 g/mol. The molecule has 12 heteroatoms. The maximum atomic E-state index is 14.1. The van der Waals surface area contributed by atoms with Gasteiger partial charge in [-0.2, -0.15) is 8.78 Å². The molecule has 0 aliphatic rings. The number of amides is 1. The average Bonchev–Trinajstić information content (AvgIpc) is 2.94. The van der Waals surface area contributed by atoms with Gasteiger partial charge in [-0.1, -0.05) is 55.4 Å². The van der Waals surface area contributed by atoms with Gasteiger partial charge in [0.25, 0.3) is 0 Å². The second-order valence-electron chi connectivity index (χ2n) is 19.9. The molecule has 1 N–H and O–H groups in total. The van der Waals surface area contributed by atoms with E-state index in [1.165, 1.54) is 13.8 Å². The topological polar surface area (TPSA) is 90.9 Å². The molecule has 0 aromatic heterocycles. The lowest BCUT2D eigenvalue weighted by molar-refractivity contribution is -0.151. The zero-order valence-corrected chi connectivity index (χ0v) is 35.3.